The number of hydrogen-bond acceptors (Lipinski definition) is 3. The summed E-state index contributed by atoms with van der Waals surface area (Å²) in [5.74, 6) is 3.09. The SMILES string of the molecule is C[C@@H](NCCN1CCCS1(=O)=O)[C@H]1C[C@H]2CC[C@H]1C2. The molecule has 0 amide bonds. The van der Waals surface area contributed by atoms with Gasteiger partial charge in [-0.25, -0.2) is 12.7 Å². The minimum atomic E-state index is -2.92. The predicted octanol–water partition coefficient (Wildman–Crippen LogP) is 1.44. The van der Waals surface area contributed by atoms with Gasteiger partial charge in [0.1, 0.15) is 0 Å². The van der Waals surface area contributed by atoms with Crippen LogP contribution in [0.3, 0.4) is 0 Å². The minimum absolute atomic E-state index is 0.342. The molecule has 3 aliphatic rings. The number of nitrogens with zero attached hydrogens (tertiary/aromatic N) is 1. The third-order valence-electron chi connectivity index (χ3n) is 5.47. The molecule has 0 unspecified atom stereocenters. The molecular weight excluding hydrogens is 260 g/mol. The zero-order valence-corrected chi connectivity index (χ0v) is 12.7. The van der Waals surface area contributed by atoms with Crippen LogP contribution in [0.25, 0.3) is 0 Å². The maximum atomic E-state index is 11.7. The van der Waals surface area contributed by atoms with Crippen LogP contribution in [0.2, 0.25) is 0 Å². The number of hydrogen-bond donors (Lipinski definition) is 1. The smallest absolute Gasteiger partial charge is 0.214 e. The first-order valence-corrected chi connectivity index (χ1v) is 9.38. The van der Waals surface area contributed by atoms with Crippen molar-refractivity contribution in [2.24, 2.45) is 17.8 Å². The molecule has 5 heteroatoms. The number of sulfonamides is 1. The van der Waals surface area contributed by atoms with Crippen molar-refractivity contribution in [3.05, 3.63) is 0 Å². The first kappa shape index (κ1) is 13.8. The normalized spacial score (nSPS) is 38.9. The van der Waals surface area contributed by atoms with Crippen molar-refractivity contribution in [2.75, 3.05) is 25.4 Å². The molecule has 0 radical (unpaired) electrons. The van der Waals surface area contributed by atoms with E-state index < -0.39 is 10.0 Å². The third kappa shape index (κ3) is 2.83. The van der Waals surface area contributed by atoms with Gasteiger partial charge in [0.05, 0.1) is 5.75 Å². The second-order valence-electron chi connectivity index (χ2n) is 6.65. The van der Waals surface area contributed by atoms with Crippen LogP contribution in [0.5, 0.6) is 0 Å². The highest BCUT2D eigenvalue weighted by Gasteiger charge is 2.41. The largest absolute Gasteiger partial charge is 0.313 e. The Morgan fingerprint density at radius 2 is 2.16 bits per heavy atom. The molecule has 2 bridgehead atoms. The highest BCUT2D eigenvalue weighted by atomic mass is 32.2. The van der Waals surface area contributed by atoms with Crippen LogP contribution in [0.1, 0.15) is 39.0 Å². The van der Waals surface area contributed by atoms with Crippen molar-refractivity contribution >= 4 is 10.0 Å². The van der Waals surface area contributed by atoms with Gasteiger partial charge >= 0.3 is 0 Å². The molecule has 0 aromatic heterocycles. The second-order valence-corrected chi connectivity index (χ2v) is 8.74. The lowest BCUT2D eigenvalue weighted by atomic mass is 9.84. The lowest BCUT2D eigenvalue weighted by molar-refractivity contribution is 0.257. The highest BCUT2D eigenvalue weighted by Crippen LogP contribution is 2.49. The molecule has 1 aliphatic heterocycles. The minimum Gasteiger partial charge on any atom is -0.313 e. The van der Waals surface area contributed by atoms with Crippen molar-refractivity contribution < 1.29 is 8.42 Å². The predicted molar refractivity (Wildman–Crippen MR) is 76.4 cm³/mol. The van der Waals surface area contributed by atoms with Gasteiger partial charge in [-0.2, -0.15) is 0 Å². The summed E-state index contributed by atoms with van der Waals surface area (Å²) in [7, 11) is -2.92. The Balaban J connectivity index is 1.43. The average Bonchev–Trinajstić information content (AvgIpc) is 3.05. The summed E-state index contributed by atoms with van der Waals surface area (Å²) < 4.78 is 25.0. The molecule has 0 aromatic rings. The van der Waals surface area contributed by atoms with E-state index in [0.29, 0.717) is 24.9 Å². The molecule has 2 saturated carbocycles. The average molecular weight is 286 g/mol. The first-order chi connectivity index (χ1) is 9.06. The van der Waals surface area contributed by atoms with Gasteiger partial charge in [-0.1, -0.05) is 6.42 Å². The van der Waals surface area contributed by atoms with E-state index in [4.69, 9.17) is 0 Å². The molecule has 1 saturated heterocycles. The quantitative estimate of drug-likeness (QED) is 0.832. The van der Waals surface area contributed by atoms with Gasteiger partial charge in [-0.05, 0) is 50.4 Å². The van der Waals surface area contributed by atoms with Crippen LogP contribution < -0.4 is 5.32 Å². The molecule has 0 spiro atoms. The lowest BCUT2D eigenvalue weighted by Gasteiger charge is -2.29. The second kappa shape index (κ2) is 5.34. The molecule has 19 heavy (non-hydrogen) atoms. The number of nitrogens with one attached hydrogen (secondary N) is 1. The number of fused-ring (bicyclic) bond motifs is 2. The van der Waals surface area contributed by atoms with E-state index in [0.717, 1.165) is 30.7 Å². The zero-order valence-electron chi connectivity index (χ0n) is 11.8. The van der Waals surface area contributed by atoms with Crippen LogP contribution >= 0.6 is 0 Å². The summed E-state index contributed by atoms with van der Waals surface area (Å²) in [5.41, 5.74) is 0. The van der Waals surface area contributed by atoms with E-state index in [1.54, 1.807) is 4.31 Å². The van der Waals surface area contributed by atoms with Gasteiger partial charge in [-0.15, -0.1) is 0 Å². The zero-order chi connectivity index (χ0) is 13.5. The van der Waals surface area contributed by atoms with E-state index in [1.807, 2.05) is 0 Å². The Bertz CT molecular complexity index is 423. The van der Waals surface area contributed by atoms with Gasteiger partial charge in [0, 0.05) is 25.7 Å². The van der Waals surface area contributed by atoms with Crippen molar-refractivity contribution in [3.8, 4) is 0 Å². The fourth-order valence-electron chi connectivity index (χ4n) is 4.42. The number of rotatable bonds is 5. The van der Waals surface area contributed by atoms with Gasteiger partial charge in [0.25, 0.3) is 0 Å². The highest BCUT2D eigenvalue weighted by molar-refractivity contribution is 7.89. The van der Waals surface area contributed by atoms with Crippen LogP contribution in [-0.2, 0) is 10.0 Å². The fraction of sp³-hybridized carbons (Fsp3) is 1.00. The van der Waals surface area contributed by atoms with Crippen LogP contribution in [0, 0.1) is 17.8 Å². The maximum absolute atomic E-state index is 11.7. The maximum Gasteiger partial charge on any atom is 0.214 e. The Labute approximate surface area is 117 Å². The summed E-state index contributed by atoms with van der Waals surface area (Å²) in [6.07, 6.45) is 6.49. The Morgan fingerprint density at radius 1 is 1.32 bits per heavy atom. The van der Waals surface area contributed by atoms with Crippen molar-refractivity contribution in [1.29, 1.82) is 0 Å². The van der Waals surface area contributed by atoms with E-state index in [1.165, 1.54) is 25.7 Å². The van der Waals surface area contributed by atoms with E-state index in [2.05, 4.69) is 12.2 Å². The topological polar surface area (TPSA) is 49.4 Å². The van der Waals surface area contributed by atoms with Crippen molar-refractivity contribution in [1.82, 2.24) is 9.62 Å². The molecular formula is C14H26N2O2S. The Kier molecular flexibility index (Phi) is 3.89. The van der Waals surface area contributed by atoms with Crippen molar-refractivity contribution in [3.63, 3.8) is 0 Å². The molecule has 1 heterocycles. The molecule has 0 aromatic carbocycles. The fourth-order valence-corrected chi connectivity index (χ4v) is 5.95. The van der Waals surface area contributed by atoms with Gasteiger partial charge < -0.3 is 5.32 Å². The standard InChI is InChI=1S/C14H26N2O2S/c1-11(14-10-12-3-4-13(14)9-12)15-5-7-16-6-2-8-19(16,17)18/h11-15H,2-10H2,1H3/t11-,12+,13+,14-/m1/s1. The van der Waals surface area contributed by atoms with Crippen LogP contribution in [0.4, 0.5) is 0 Å². The van der Waals surface area contributed by atoms with Gasteiger partial charge in [0.2, 0.25) is 10.0 Å². The lowest BCUT2D eigenvalue weighted by Crippen LogP contribution is -2.41. The molecule has 3 rings (SSSR count). The summed E-state index contributed by atoms with van der Waals surface area (Å²) in [5, 5.41) is 3.57. The molecule has 2 aliphatic carbocycles. The van der Waals surface area contributed by atoms with Crippen molar-refractivity contribution in [2.45, 2.75) is 45.1 Å². The molecule has 4 nitrogen and oxygen atoms in total. The van der Waals surface area contributed by atoms with Gasteiger partial charge in [-0.3, -0.25) is 0 Å². The summed E-state index contributed by atoms with van der Waals surface area (Å²) in [6.45, 7) is 4.44. The first-order valence-electron chi connectivity index (χ1n) is 7.77. The van der Waals surface area contributed by atoms with E-state index in [-0.39, 0.29) is 0 Å². The van der Waals surface area contributed by atoms with Crippen LogP contribution in [-0.4, -0.2) is 44.2 Å². The monoisotopic (exact) mass is 286 g/mol. The third-order valence-corrected chi connectivity index (χ3v) is 7.42. The summed E-state index contributed by atoms with van der Waals surface area (Å²) in [4.78, 5) is 0. The van der Waals surface area contributed by atoms with E-state index >= 15 is 0 Å². The molecule has 3 fully saturated rings. The van der Waals surface area contributed by atoms with Crippen LogP contribution in [0.15, 0.2) is 0 Å². The summed E-state index contributed by atoms with van der Waals surface area (Å²) in [6, 6.07) is 0.542. The molecule has 4 atom stereocenters. The van der Waals surface area contributed by atoms with Gasteiger partial charge in [0.15, 0.2) is 0 Å². The molecule has 110 valence electrons. The molecule has 1 N–H and O–H groups in total. The Hall–Kier alpha value is -0.130. The Morgan fingerprint density at radius 3 is 2.74 bits per heavy atom. The van der Waals surface area contributed by atoms with E-state index in [9.17, 15) is 8.42 Å². The summed E-state index contributed by atoms with van der Waals surface area (Å²) >= 11 is 0.